The fourth-order valence-corrected chi connectivity index (χ4v) is 4.94. The van der Waals surface area contributed by atoms with E-state index in [-0.39, 0.29) is 23.6 Å². The van der Waals surface area contributed by atoms with E-state index < -0.39 is 5.92 Å². The number of ether oxygens (including phenoxy) is 3. The van der Waals surface area contributed by atoms with Crippen LogP contribution in [0.2, 0.25) is 0 Å². The number of aryl methyl sites for hydroxylation is 1. The Morgan fingerprint density at radius 3 is 2.80 bits per heavy atom. The number of H-pyrrole nitrogens is 2. The lowest BCUT2D eigenvalue weighted by Gasteiger charge is -2.32. The second kappa shape index (κ2) is 9.13. The summed E-state index contributed by atoms with van der Waals surface area (Å²) in [5.74, 6) is 0.854. The highest BCUT2D eigenvalue weighted by Crippen LogP contribution is 2.37. The normalized spacial score (nSPS) is 16.7. The van der Waals surface area contributed by atoms with E-state index in [0.717, 1.165) is 46.7 Å². The van der Waals surface area contributed by atoms with E-state index in [2.05, 4.69) is 30.1 Å². The maximum atomic E-state index is 13.0. The van der Waals surface area contributed by atoms with Crippen LogP contribution in [0.4, 0.5) is 0 Å². The van der Waals surface area contributed by atoms with Gasteiger partial charge in [0, 0.05) is 29.2 Å². The summed E-state index contributed by atoms with van der Waals surface area (Å²) in [6, 6.07) is 13.9. The van der Waals surface area contributed by atoms with Crippen molar-refractivity contribution in [1.29, 1.82) is 0 Å². The molecule has 7 heteroatoms. The Morgan fingerprint density at radius 2 is 1.97 bits per heavy atom. The fourth-order valence-electron chi connectivity index (χ4n) is 4.94. The van der Waals surface area contributed by atoms with Crippen molar-refractivity contribution in [3.63, 3.8) is 0 Å². The van der Waals surface area contributed by atoms with Crippen molar-refractivity contribution in [2.24, 2.45) is 0 Å². The van der Waals surface area contributed by atoms with Crippen LogP contribution in [0.1, 0.15) is 60.6 Å². The van der Waals surface area contributed by atoms with E-state index in [1.165, 1.54) is 12.7 Å². The molecule has 0 radical (unpaired) electrons. The molecule has 0 fully saturated rings. The first-order valence-corrected chi connectivity index (χ1v) is 11.9. The van der Waals surface area contributed by atoms with Crippen molar-refractivity contribution in [3.05, 3.63) is 86.3 Å². The Kier molecular flexibility index (Phi) is 6.01. The van der Waals surface area contributed by atoms with Gasteiger partial charge in [0.15, 0.2) is 0 Å². The number of para-hydroxylation sites is 1. The van der Waals surface area contributed by atoms with Gasteiger partial charge < -0.3 is 19.3 Å². The lowest BCUT2D eigenvalue weighted by Crippen LogP contribution is -2.32. The molecule has 2 aliphatic rings. The molecule has 3 aromatic rings. The predicted octanol–water partition coefficient (Wildman–Crippen LogP) is 4.52. The van der Waals surface area contributed by atoms with Crippen LogP contribution in [-0.4, -0.2) is 35.5 Å². The maximum absolute atomic E-state index is 13.0. The average molecular weight is 475 g/mol. The molecule has 2 N–H and O–H groups in total. The van der Waals surface area contributed by atoms with E-state index in [1.54, 1.807) is 0 Å². The zero-order chi connectivity index (χ0) is 24.6. The fraction of sp³-hybridized carbons (Fsp3) is 0.357. The molecular weight excluding hydrogens is 444 g/mol. The minimum atomic E-state index is -0.470. The van der Waals surface area contributed by atoms with Crippen molar-refractivity contribution in [2.45, 2.75) is 51.0 Å². The molecule has 2 aromatic carbocycles. The highest BCUT2D eigenvalue weighted by atomic mass is 16.5. The summed E-state index contributed by atoms with van der Waals surface area (Å²) in [5.41, 5.74) is 4.92. The summed E-state index contributed by atoms with van der Waals surface area (Å²) >= 11 is 0. The molecule has 0 amide bonds. The summed E-state index contributed by atoms with van der Waals surface area (Å²) in [6.45, 7) is 4.50. The van der Waals surface area contributed by atoms with Gasteiger partial charge >= 0.3 is 5.97 Å². The second-order valence-corrected chi connectivity index (χ2v) is 9.83. The van der Waals surface area contributed by atoms with E-state index >= 15 is 0 Å². The SMILES string of the molecule is COC(=O)C[C@H](C1=Cc2ccccc2OC1)c1c(Cc2ccc3c(c2)CCC(C)(C)O3)[nH][nH]c1=O. The summed E-state index contributed by atoms with van der Waals surface area (Å²) in [6.07, 6.45) is 4.48. The number of aromatic amines is 2. The lowest BCUT2D eigenvalue weighted by atomic mass is 9.85. The molecular formula is C28H30N2O5. The van der Waals surface area contributed by atoms with E-state index in [4.69, 9.17) is 14.2 Å². The molecule has 0 saturated carbocycles. The Labute approximate surface area is 204 Å². The average Bonchev–Trinajstić information content (AvgIpc) is 3.21. The number of benzene rings is 2. The third-order valence-corrected chi connectivity index (χ3v) is 6.83. The van der Waals surface area contributed by atoms with Crippen LogP contribution in [0.3, 0.4) is 0 Å². The molecule has 1 atom stereocenters. The highest BCUT2D eigenvalue weighted by Gasteiger charge is 2.30. The quantitative estimate of drug-likeness (QED) is 0.513. The number of methoxy groups -OCH3 is 1. The molecule has 5 rings (SSSR count). The molecule has 7 nitrogen and oxygen atoms in total. The van der Waals surface area contributed by atoms with Gasteiger partial charge in [-0.15, -0.1) is 0 Å². The molecule has 182 valence electrons. The predicted molar refractivity (Wildman–Crippen MR) is 133 cm³/mol. The van der Waals surface area contributed by atoms with Gasteiger partial charge in [0.2, 0.25) is 0 Å². The van der Waals surface area contributed by atoms with Gasteiger partial charge in [-0.05, 0) is 61.6 Å². The van der Waals surface area contributed by atoms with Gasteiger partial charge in [0.05, 0.1) is 13.5 Å². The number of nitrogens with one attached hydrogen (secondary N) is 2. The minimum Gasteiger partial charge on any atom is -0.489 e. The first-order chi connectivity index (χ1) is 16.8. The van der Waals surface area contributed by atoms with Crippen molar-refractivity contribution in [1.82, 2.24) is 10.2 Å². The molecule has 0 bridgehead atoms. The van der Waals surface area contributed by atoms with E-state index in [0.29, 0.717) is 18.6 Å². The zero-order valence-electron chi connectivity index (χ0n) is 20.3. The number of esters is 1. The van der Waals surface area contributed by atoms with Crippen molar-refractivity contribution >= 4 is 12.0 Å². The summed E-state index contributed by atoms with van der Waals surface area (Å²) in [5, 5.41) is 5.79. The first kappa shape index (κ1) is 23.0. The van der Waals surface area contributed by atoms with Crippen LogP contribution in [-0.2, 0) is 22.4 Å². The summed E-state index contributed by atoms with van der Waals surface area (Å²) in [7, 11) is 1.36. The number of fused-ring (bicyclic) bond motifs is 2. The third-order valence-electron chi connectivity index (χ3n) is 6.83. The van der Waals surface area contributed by atoms with Crippen LogP contribution in [0.5, 0.6) is 11.5 Å². The lowest BCUT2D eigenvalue weighted by molar-refractivity contribution is -0.140. The zero-order valence-corrected chi connectivity index (χ0v) is 20.3. The van der Waals surface area contributed by atoms with Crippen molar-refractivity contribution < 1.29 is 19.0 Å². The van der Waals surface area contributed by atoms with Crippen LogP contribution < -0.4 is 15.0 Å². The Hall–Kier alpha value is -3.74. The maximum Gasteiger partial charge on any atom is 0.306 e. The Morgan fingerprint density at radius 1 is 1.14 bits per heavy atom. The van der Waals surface area contributed by atoms with Crippen LogP contribution in [0, 0.1) is 0 Å². The second-order valence-electron chi connectivity index (χ2n) is 9.83. The van der Waals surface area contributed by atoms with Gasteiger partial charge in [-0.3, -0.25) is 14.7 Å². The number of rotatable bonds is 6. The minimum absolute atomic E-state index is 0.0505. The van der Waals surface area contributed by atoms with Gasteiger partial charge in [-0.1, -0.05) is 30.3 Å². The van der Waals surface area contributed by atoms with Gasteiger partial charge in [-0.2, -0.15) is 0 Å². The number of carbonyl (C=O) groups is 1. The molecule has 0 aliphatic carbocycles. The molecule has 0 spiro atoms. The molecule has 35 heavy (non-hydrogen) atoms. The molecule has 1 aromatic heterocycles. The standard InChI is InChI=1S/C28H30N2O5/c1-28(2)11-10-19-12-17(8-9-24(19)35-28)13-22-26(27(32)30-29-22)21(15-25(31)33-3)20-14-18-6-4-5-7-23(18)34-16-20/h4-9,12,14,21H,10-11,13,15-16H2,1-3H3,(H2,29,30,32)/t21-/m1/s1. The largest absolute Gasteiger partial charge is 0.489 e. The number of carbonyl (C=O) groups excluding carboxylic acids is 1. The number of hydrogen-bond acceptors (Lipinski definition) is 5. The van der Waals surface area contributed by atoms with Gasteiger partial charge in [0.25, 0.3) is 5.56 Å². The smallest absolute Gasteiger partial charge is 0.306 e. The van der Waals surface area contributed by atoms with Gasteiger partial charge in [0.1, 0.15) is 23.7 Å². The molecule has 3 heterocycles. The summed E-state index contributed by atoms with van der Waals surface area (Å²) < 4.78 is 17.0. The first-order valence-electron chi connectivity index (χ1n) is 11.9. The Balaban J connectivity index is 1.49. The Bertz CT molecular complexity index is 1350. The van der Waals surface area contributed by atoms with Crippen molar-refractivity contribution in [2.75, 3.05) is 13.7 Å². The van der Waals surface area contributed by atoms with Crippen LogP contribution >= 0.6 is 0 Å². The van der Waals surface area contributed by atoms with Crippen molar-refractivity contribution in [3.8, 4) is 11.5 Å². The number of aromatic nitrogens is 2. The van der Waals surface area contributed by atoms with Crippen LogP contribution in [0.25, 0.3) is 6.08 Å². The number of hydrogen-bond donors (Lipinski definition) is 2. The topological polar surface area (TPSA) is 93.4 Å². The molecule has 0 saturated heterocycles. The van der Waals surface area contributed by atoms with Gasteiger partial charge in [-0.25, -0.2) is 0 Å². The monoisotopic (exact) mass is 474 g/mol. The van der Waals surface area contributed by atoms with E-state index in [9.17, 15) is 9.59 Å². The third kappa shape index (κ3) is 4.76. The highest BCUT2D eigenvalue weighted by molar-refractivity contribution is 5.73. The molecule has 2 aliphatic heterocycles. The van der Waals surface area contributed by atoms with Crippen LogP contribution in [0.15, 0.2) is 52.8 Å². The molecule has 0 unspecified atom stereocenters. The van der Waals surface area contributed by atoms with E-state index in [1.807, 2.05) is 42.5 Å². The summed E-state index contributed by atoms with van der Waals surface area (Å²) in [4.78, 5) is 25.4.